The highest BCUT2D eigenvalue weighted by Gasteiger charge is 2.15. The van der Waals surface area contributed by atoms with E-state index in [9.17, 15) is 0 Å². The smallest absolute Gasteiger partial charge is 0.184 e. The molecule has 5 aromatic rings. The summed E-state index contributed by atoms with van der Waals surface area (Å²) in [7, 11) is 0. The van der Waals surface area contributed by atoms with Crippen LogP contribution in [0.15, 0.2) is 55.1 Å². The maximum Gasteiger partial charge on any atom is 0.184 e. The Morgan fingerprint density at radius 3 is 2.77 bits per heavy atom. The van der Waals surface area contributed by atoms with Gasteiger partial charge in [-0.3, -0.25) is 0 Å². The fraction of sp³-hybridized carbons (Fsp3) is 0.304. The third-order valence-electron chi connectivity index (χ3n) is 5.99. The summed E-state index contributed by atoms with van der Waals surface area (Å²) in [6, 6.07) is 11.2. The third-order valence-corrected chi connectivity index (χ3v) is 6.94. The van der Waals surface area contributed by atoms with Crippen molar-refractivity contribution in [3.63, 3.8) is 0 Å². The lowest BCUT2D eigenvalue weighted by Crippen LogP contribution is -2.21. The lowest BCUT2D eigenvalue weighted by molar-refractivity contribution is 0.462. The predicted molar refractivity (Wildman–Crippen MR) is 123 cm³/mol. The van der Waals surface area contributed by atoms with Gasteiger partial charge in [-0.05, 0) is 36.6 Å². The van der Waals surface area contributed by atoms with E-state index < -0.39 is 0 Å². The first-order valence-electron chi connectivity index (χ1n) is 10.8. The molecule has 0 spiro atoms. The second kappa shape index (κ2) is 7.77. The topological polar surface area (TPSA) is 72.9 Å². The number of benzene rings is 1. The number of nitrogens with zero attached hydrogens (tertiary/aromatic N) is 6. The number of thiazole rings is 1. The van der Waals surface area contributed by atoms with Gasteiger partial charge in [0.2, 0.25) is 0 Å². The molecule has 31 heavy (non-hydrogen) atoms. The molecule has 8 heteroatoms. The van der Waals surface area contributed by atoms with Gasteiger partial charge in [-0.15, -0.1) is 0 Å². The van der Waals surface area contributed by atoms with E-state index in [0.717, 1.165) is 34.1 Å². The first kappa shape index (κ1) is 18.5. The molecule has 0 atom stereocenters. The number of pyridine rings is 1. The van der Waals surface area contributed by atoms with Crippen molar-refractivity contribution in [2.24, 2.45) is 0 Å². The molecule has 6 rings (SSSR count). The number of nitrogens with one attached hydrogen (secondary N) is 1. The van der Waals surface area contributed by atoms with Gasteiger partial charge in [0.15, 0.2) is 5.13 Å². The van der Waals surface area contributed by atoms with Crippen LogP contribution in [0.5, 0.6) is 0 Å². The van der Waals surface area contributed by atoms with E-state index in [1.54, 1.807) is 28.5 Å². The quantitative estimate of drug-likeness (QED) is 0.432. The molecule has 0 amide bonds. The van der Waals surface area contributed by atoms with Crippen LogP contribution in [0.25, 0.3) is 21.6 Å². The highest BCUT2D eigenvalue weighted by molar-refractivity contribution is 7.22. The summed E-state index contributed by atoms with van der Waals surface area (Å²) in [5, 5.41) is 13.1. The minimum absolute atomic E-state index is 0.578. The maximum atomic E-state index is 4.80. The Bertz CT molecular complexity index is 1330. The van der Waals surface area contributed by atoms with E-state index in [1.165, 1.54) is 42.4 Å². The number of hydrogen-bond donors (Lipinski definition) is 1. The van der Waals surface area contributed by atoms with Crippen LogP contribution in [0.2, 0.25) is 0 Å². The zero-order valence-electron chi connectivity index (χ0n) is 17.1. The van der Waals surface area contributed by atoms with Crippen LogP contribution in [-0.2, 0) is 6.42 Å². The van der Waals surface area contributed by atoms with Crippen molar-refractivity contribution in [2.75, 3.05) is 5.32 Å². The fourth-order valence-corrected chi connectivity index (χ4v) is 5.40. The second-order valence-corrected chi connectivity index (χ2v) is 9.19. The number of anilines is 1. The lowest BCUT2D eigenvalue weighted by Gasteiger charge is -2.22. The van der Waals surface area contributed by atoms with Crippen LogP contribution in [0.4, 0.5) is 5.13 Å². The van der Waals surface area contributed by atoms with Gasteiger partial charge >= 0.3 is 0 Å². The van der Waals surface area contributed by atoms with Gasteiger partial charge in [-0.25, -0.2) is 9.97 Å². The first-order chi connectivity index (χ1) is 15.3. The maximum absolute atomic E-state index is 4.80. The Morgan fingerprint density at radius 1 is 1.03 bits per heavy atom. The molecule has 4 aromatic heterocycles. The monoisotopic (exact) mass is 429 g/mol. The lowest BCUT2D eigenvalue weighted by atomic mass is 9.96. The van der Waals surface area contributed by atoms with Gasteiger partial charge in [0.05, 0.1) is 28.3 Å². The number of aromatic nitrogens is 6. The average Bonchev–Trinajstić information content (AvgIpc) is 3.54. The van der Waals surface area contributed by atoms with Crippen molar-refractivity contribution in [1.29, 1.82) is 0 Å². The standard InChI is InChI=1S/C23H23N7S/c1-2-4-17(5-3-1)27-23-28-20-7-6-16(13-21(20)31-23)12-19-15-24-22-14-18(8-11-29(19)22)30-25-9-10-26-30/h6-11,13-15,17H,1-5,12H2,(H,27,28). The van der Waals surface area contributed by atoms with Crippen LogP contribution in [0.1, 0.15) is 43.4 Å². The van der Waals surface area contributed by atoms with Crippen molar-refractivity contribution in [3.8, 4) is 5.69 Å². The minimum Gasteiger partial charge on any atom is -0.359 e. The van der Waals surface area contributed by atoms with E-state index in [2.05, 4.69) is 43.1 Å². The molecule has 0 saturated heterocycles. The second-order valence-electron chi connectivity index (χ2n) is 8.16. The highest BCUT2D eigenvalue weighted by Crippen LogP contribution is 2.30. The van der Waals surface area contributed by atoms with Crippen molar-refractivity contribution < 1.29 is 0 Å². The molecule has 1 N–H and O–H groups in total. The van der Waals surface area contributed by atoms with E-state index in [4.69, 9.17) is 4.98 Å². The zero-order valence-corrected chi connectivity index (χ0v) is 17.9. The zero-order chi connectivity index (χ0) is 20.6. The molecule has 7 nitrogen and oxygen atoms in total. The van der Waals surface area contributed by atoms with Gasteiger partial charge in [0.25, 0.3) is 0 Å². The molecule has 1 aliphatic carbocycles. The van der Waals surface area contributed by atoms with E-state index in [1.807, 2.05) is 24.5 Å². The SMILES string of the molecule is c1cnn(-c2ccn3c(Cc4ccc5nc(NC6CCCCC6)sc5c4)cnc3c2)n1. The van der Waals surface area contributed by atoms with Gasteiger partial charge in [-0.1, -0.05) is 36.7 Å². The molecule has 0 unspecified atom stereocenters. The molecule has 4 heterocycles. The van der Waals surface area contributed by atoms with E-state index >= 15 is 0 Å². The normalized spacial score (nSPS) is 15.1. The number of rotatable bonds is 5. The largest absolute Gasteiger partial charge is 0.359 e. The number of fused-ring (bicyclic) bond motifs is 2. The van der Waals surface area contributed by atoms with E-state index in [-0.39, 0.29) is 0 Å². The van der Waals surface area contributed by atoms with Crippen LogP contribution in [0.3, 0.4) is 0 Å². The minimum atomic E-state index is 0.578. The molecule has 1 fully saturated rings. The van der Waals surface area contributed by atoms with Crippen molar-refractivity contribution >= 4 is 32.3 Å². The molecule has 156 valence electrons. The summed E-state index contributed by atoms with van der Waals surface area (Å²) in [6.45, 7) is 0. The Hall–Kier alpha value is -3.26. The van der Waals surface area contributed by atoms with E-state index in [0.29, 0.717) is 6.04 Å². The predicted octanol–water partition coefficient (Wildman–Crippen LogP) is 4.86. The fourth-order valence-electron chi connectivity index (χ4n) is 4.40. The Morgan fingerprint density at radius 2 is 1.90 bits per heavy atom. The van der Waals surface area contributed by atoms with Crippen molar-refractivity contribution in [2.45, 2.75) is 44.6 Å². The Balaban J connectivity index is 1.24. The van der Waals surface area contributed by atoms with Crippen LogP contribution in [-0.4, -0.2) is 35.4 Å². The molecule has 1 aromatic carbocycles. The van der Waals surface area contributed by atoms with Crippen molar-refractivity contribution in [3.05, 3.63) is 66.4 Å². The molecule has 0 bridgehead atoms. The Kier molecular flexibility index (Phi) is 4.64. The summed E-state index contributed by atoms with van der Waals surface area (Å²) in [4.78, 5) is 11.0. The molecule has 0 radical (unpaired) electrons. The molecule has 1 aliphatic rings. The summed E-state index contributed by atoms with van der Waals surface area (Å²) >= 11 is 1.76. The number of hydrogen-bond acceptors (Lipinski definition) is 6. The van der Waals surface area contributed by atoms with Gasteiger partial charge in [0.1, 0.15) is 5.65 Å². The van der Waals surface area contributed by atoms with Gasteiger partial charge < -0.3 is 9.72 Å². The number of imidazole rings is 1. The average molecular weight is 430 g/mol. The third kappa shape index (κ3) is 3.67. The molecule has 0 aliphatic heterocycles. The van der Waals surface area contributed by atoms with Crippen molar-refractivity contribution in [1.82, 2.24) is 29.4 Å². The van der Waals surface area contributed by atoms with Crippen LogP contribution in [0, 0.1) is 0 Å². The summed E-state index contributed by atoms with van der Waals surface area (Å²) < 4.78 is 3.36. The first-order valence-corrected chi connectivity index (χ1v) is 11.6. The van der Waals surface area contributed by atoms with Crippen LogP contribution < -0.4 is 5.32 Å². The molecule has 1 saturated carbocycles. The van der Waals surface area contributed by atoms with Gasteiger partial charge in [-0.2, -0.15) is 15.0 Å². The van der Waals surface area contributed by atoms with Crippen LogP contribution >= 0.6 is 11.3 Å². The van der Waals surface area contributed by atoms with Gasteiger partial charge in [0, 0.05) is 36.6 Å². The summed E-state index contributed by atoms with van der Waals surface area (Å²) in [5.41, 5.74) is 5.28. The summed E-state index contributed by atoms with van der Waals surface area (Å²) in [6.07, 6.45) is 14.7. The Labute approximate surface area is 183 Å². The molecular weight excluding hydrogens is 406 g/mol. The molecular formula is C23H23N7S. The summed E-state index contributed by atoms with van der Waals surface area (Å²) in [5.74, 6) is 0. The highest BCUT2D eigenvalue weighted by atomic mass is 32.1.